The summed E-state index contributed by atoms with van der Waals surface area (Å²) < 4.78 is 2.06. The average molecular weight is 330 g/mol. The van der Waals surface area contributed by atoms with E-state index in [-0.39, 0.29) is 12.3 Å². The highest BCUT2D eigenvalue weighted by Crippen LogP contribution is 2.36. The number of anilines is 1. The summed E-state index contributed by atoms with van der Waals surface area (Å²) in [5.74, 6) is 0.348. The van der Waals surface area contributed by atoms with Crippen molar-refractivity contribution < 1.29 is 9.90 Å². The molecular weight excluding hydrogens is 304 g/mol. The molecule has 2 aromatic rings. The molecule has 0 spiro atoms. The number of carbonyl (C=O) groups is 1. The van der Waals surface area contributed by atoms with Crippen molar-refractivity contribution in [1.29, 1.82) is 0 Å². The molecule has 0 radical (unpaired) electrons. The van der Waals surface area contributed by atoms with Gasteiger partial charge in [0, 0.05) is 11.7 Å². The second-order valence-electron chi connectivity index (χ2n) is 6.84. The zero-order valence-corrected chi connectivity index (χ0v) is 14.7. The van der Waals surface area contributed by atoms with Gasteiger partial charge in [-0.05, 0) is 51.2 Å². The first-order valence-corrected chi connectivity index (χ1v) is 8.83. The molecule has 3 rings (SSSR count). The van der Waals surface area contributed by atoms with Crippen molar-refractivity contribution in [2.75, 3.05) is 5.32 Å². The predicted molar refractivity (Wildman–Crippen MR) is 93.9 cm³/mol. The number of imidazole rings is 1. The summed E-state index contributed by atoms with van der Waals surface area (Å²) in [6.45, 7) is 5.75. The monoisotopic (exact) mass is 330 g/mol. The summed E-state index contributed by atoms with van der Waals surface area (Å²) in [6.07, 6.45) is 4.54. The number of nitrogens with one attached hydrogen (secondary N) is 1. The third kappa shape index (κ3) is 3.15. The molecule has 1 fully saturated rings. The number of rotatable bonds is 6. The van der Waals surface area contributed by atoms with Gasteiger partial charge in [-0.2, -0.15) is 0 Å². The Morgan fingerprint density at radius 3 is 2.62 bits per heavy atom. The number of aryl methyl sites for hydroxylation is 1. The number of aromatic nitrogens is 3. The van der Waals surface area contributed by atoms with Gasteiger partial charge in [0.05, 0.1) is 12.0 Å². The van der Waals surface area contributed by atoms with Gasteiger partial charge in [-0.15, -0.1) is 0 Å². The Morgan fingerprint density at radius 1 is 1.33 bits per heavy atom. The minimum absolute atomic E-state index is 0.0837. The van der Waals surface area contributed by atoms with E-state index in [0.717, 1.165) is 29.7 Å². The van der Waals surface area contributed by atoms with Crippen molar-refractivity contribution in [3.8, 4) is 0 Å². The molecule has 6 nitrogen and oxygen atoms in total. The topological polar surface area (TPSA) is 80.0 Å². The van der Waals surface area contributed by atoms with Crippen LogP contribution in [0.4, 0.5) is 5.95 Å². The Hall–Kier alpha value is -1.95. The summed E-state index contributed by atoms with van der Waals surface area (Å²) in [4.78, 5) is 21.6. The molecule has 130 valence electrons. The van der Waals surface area contributed by atoms with Gasteiger partial charge < -0.3 is 5.11 Å². The zero-order valence-electron chi connectivity index (χ0n) is 14.7. The molecule has 6 heteroatoms. The van der Waals surface area contributed by atoms with Gasteiger partial charge in [0.1, 0.15) is 5.52 Å². The van der Waals surface area contributed by atoms with Crippen LogP contribution in [0.1, 0.15) is 64.1 Å². The molecule has 2 aromatic heterocycles. The Labute approximate surface area is 142 Å². The van der Waals surface area contributed by atoms with Gasteiger partial charge in [0.25, 0.3) is 0 Å². The lowest BCUT2D eigenvalue weighted by atomic mass is 9.92. The number of amides is 1. The van der Waals surface area contributed by atoms with Gasteiger partial charge in [0.2, 0.25) is 11.9 Å². The van der Waals surface area contributed by atoms with E-state index in [1.165, 1.54) is 6.42 Å². The Kier molecular flexibility index (Phi) is 4.58. The molecule has 0 aliphatic heterocycles. The van der Waals surface area contributed by atoms with E-state index in [1.54, 1.807) is 0 Å². The zero-order chi connectivity index (χ0) is 17.3. The molecule has 0 saturated heterocycles. The fraction of sp³-hybridized carbons (Fsp3) is 0.611. The van der Waals surface area contributed by atoms with Crippen molar-refractivity contribution in [2.45, 2.75) is 70.9 Å². The Bertz CT molecular complexity index is 745. The molecule has 1 aliphatic carbocycles. The number of nitrogens with zero attached hydrogens (tertiary/aromatic N) is 3. The average Bonchev–Trinajstić information content (AvgIpc) is 2.83. The number of aliphatic hydroxyl groups is 1. The molecule has 1 aliphatic rings. The largest absolute Gasteiger partial charge is 0.389 e. The lowest BCUT2D eigenvalue weighted by Gasteiger charge is -2.29. The Morgan fingerprint density at radius 2 is 2.04 bits per heavy atom. The molecule has 0 unspecified atom stereocenters. The highest BCUT2D eigenvalue weighted by atomic mass is 16.3. The van der Waals surface area contributed by atoms with Gasteiger partial charge >= 0.3 is 0 Å². The van der Waals surface area contributed by atoms with Gasteiger partial charge in [0.15, 0.2) is 5.65 Å². The Balaban J connectivity index is 1.90. The molecule has 0 bridgehead atoms. The van der Waals surface area contributed by atoms with Gasteiger partial charge in [-0.1, -0.05) is 13.8 Å². The maximum atomic E-state index is 12.4. The molecule has 0 atom stereocenters. The fourth-order valence-corrected chi connectivity index (χ4v) is 3.12. The lowest BCUT2D eigenvalue weighted by molar-refractivity contribution is -0.121. The normalized spacial score (nSPS) is 15.5. The van der Waals surface area contributed by atoms with Crippen LogP contribution in [-0.2, 0) is 4.79 Å². The standard InChI is InChI=1S/C18H26N4O2/c1-4-18(24,5-2)11-15(23)21-17-20-14-10-9-12(3)19-16(14)22(17)13-7-6-8-13/h9-10,13,24H,4-8,11H2,1-3H3,(H,20,21,23). The first-order chi connectivity index (χ1) is 11.5. The summed E-state index contributed by atoms with van der Waals surface area (Å²) in [7, 11) is 0. The van der Waals surface area contributed by atoms with Crippen LogP contribution in [0.2, 0.25) is 0 Å². The van der Waals surface area contributed by atoms with E-state index in [0.29, 0.717) is 24.8 Å². The minimum atomic E-state index is -0.952. The van der Waals surface area contributed by atoms with Gasteiger partial charge in [-0.3, -0.25) is 14.7 Å². The molecule has 2 N–H and O–H groups in total. The molecular formula is C18H26N4O2. The molecule has 2 heterocycles. The van der Waals surface area contributed by atoms with E-state index in [9.17, 15) is 9.90 Å². The van der Waals surface area contributed by atoms with Crippen molar-refractivity contribution >= 4 is 23.0 Å². The first-order valence-electron chi connectivity index (χ1n) is 8.83. The quantitative estimate of drug-likeness (QED) is 0.851. The maximum Gasteiger partial charge on any atom is 0.229 e. The highest BCUT2D eigenvalue weighted by Gasteiger charge is 2.29. The number of pyridine rings is 1. The smallest absolute Gasteiger partial charge is 0.229 e. The van der Waals surface area contributed by atoms with E-state index in [4.69, 9.17) is 0 Å². The summed E-state index contributed by atoms with van der Waals surface area (Å²) in [5.41, 5.74) is 1.61. The highest BCUT2D eigenvalue weighted by molar-refractivity contribution is 5.91. The van der Waals surface area contributed by atoms with Crippen LogP contribution in [0.5, 0.6) is 0 Å². The maximum absolute atomic E-state index is 12.4. The summed E-state index contributed by atoms with van der Waals surface area (Å²) >= 11 is 0. The third-order valence-electron chi connectivity index (χ3n) is 5.17. The van der Waals surface area contributed by atoms with Crippen LogP contribution in [0, 0.1) is 6.92 Å². The molecule has 1 saturated carbocycles. The fourth-order valence-electron chi connectivity index (χ4n) is 3.12. The van der Waals surface area contributed by atoms with Crippen molar-refractivity contribution in [3.63, 3.8) is 0 Å². The second-order valence-corrected chi connectivity index (χ2v) is 6.84. The number of hydrogen-bond acceptors (Lipinski definition) is 4. The van der Waals surface area contributed by atoms with Crippen LogP contribution in [0.25, 0.3) is 11.2 Å². The summed E-state index contributed by atoms with van der Waals surface area (Å²) in [6, 6.07) is 4.21. The van der Waals surface area contributed by atoms with Crippen LogP contribution in [-0.4, -0.2) is 31.1 Å². The molecule has 0 aromatic carbocycles. The van der Waals surface area contributed by atoms with Gasteiger partial charge in [-0.25, -0.2) is 9.97 Å². The molecule has 1 amide bonds. The molecule has 24 heavy (non-hydrogen) atoms. The number of hydrogen-bond donors (Lipinski definition) is 2. The van der Waals surface area contributed by atoms with Crippen molar-refractivity contribution in [2.24, 2.45) is 0 Å². The van der Waals surface area contributed by atoms with Crippen molar-refractivity contribution in [1.82, 2.24) is 14.5 Å². The van der Waals surface area contributed by atoms with E-state index >= 15 is 0 Å². The summed E-state index contributed by atoms with van der Waals surface area (Å²) in [5, 5.41) is 13.3. The third-order valence-corrected chi connectivity index (χ3v) is 5.17. The second kappa shape index (κ2) is 6.51. The first kappa shape index (κ1) is 16.9. The van der Waals surface area contributed by atoms with Crippen LogP contribution in [0.15, 0.2) is 12.1 Å². The SMILES string of the molecule is CCC(O)(CC)CC(=O)Nc1nc2ccc(C)nc2n1C1CCC1. The number of fused-ring (bicyclic) bond motifs is 1. The van der Waals surface area contributed by atoms with E-state index < -0.39 is 5.60 Å². The number of carbonyl (C=O) groups excluding carboxylic acids is 1. The van der Waals surface area contributed by atoms with Crippen LogP contribution >= 0.6 is 0 Å². The lowest BCUT2D eigenvalue weighted by Crippen LogP contribution is -2.33. The predicted octanol–water partition coefficient (Wildman–Crippen LogP) is 3.34. The van der Waals surface area contributed by atoms with E-state index in [1.807, 2.05) is 32.9 Å². The van der Waals surface area contributed by atoms with E-state index in [2.05, 4.69) is 19.9 Å². The van der Waals surface area contributed by atoms with Crippen molar-refractivity contribution in [3.05, 3.63) is 17.8 Å². The van der Waals surface area contributed by atoms with Crippen LogP contribution in [0.3, 0.4) is 0 Å². The van der Waals surface area contributed by atoms with Crippen LogP contribution < -0.4 is 5.32 Å². The minimum Gasteiger partial charge on any atom is -0.389 e.